The van der Waals surface area contributed by atoms with Gasteiger partial charge in [0.2, 0.25) is 0 Å². The van der Waals surface area contributed by atoms with Gasteiger partial charge in [0.25, 0.3) is 0 Å². The van der Waals surface area contributed by atoms with Crippen molar-refractivity contribution in [3.63, 3.8) is 0 Å². The normalized spacial score (nSPS) is 13.6. The van der Waals surface area contributed by atoms with Crippen LogP contribution in [0.5, 0.6) is 0 Å². The smallest absolute Gasteiger partial charge is 0.157 e. The van der Waals surface area contributed by atoms with Crippen molar-refractivity contribution in [2.75, 3.05) is 0 Å². The second-order valence-electron chi connectivity index (χ2n) is 13.0. The Morgan fingerprint density at radius 3 is 2.00 bits per heavy atom. The zero-order valence-corrected chi connectivity index (χ0v) is 31.4. The van der Waals surface area contributed by atoms with Crippen molar-refractivity contribution >= 4 is 39.8 Å². The number of rotatable bonds is 4. The first-order valence-electron chi connectivity index (χ1n) is 17.4. The predicted molar refractivity (Wildman–Crippen MR) is 206 cm³/mol. The molecule has 8 aromatic rings. The quantitative estimate of drug-likeness (QED) is 0.133. The van der Waals surface area contributed by atoms with Gasteiger partial charge in [0.05, 0.1) is 0 Å². The SMILES string of the molecule is [Ir].[c-]1ccc2c(c1-c1ccccn1)[Si](c1ccccc1)(c1ccccc1)c1ccccc1-2.[c-]1ccccc1-c1noc2cc3c(cc12)CCCC3. The zero-order valence-electron chi connectivity index (χ0n) is 28.0. The molecule has 2 aromatic heterocycles. The van der Waals surface area contributed by atoms with Crippen LogP contribution in [0.1, 0.15) is 24.0 Å². The van der Waals surface area contributed by atoms with Crippen LogP contribution in [-0.4, -0.2) is 18.2 Å². The fourth-order valence-corrected chi connectivity index (χ4v) is 13.4. The minimum Gasteiger partial charge on any atom is -0.366 e. The van der Waals surface area contributed by atoms with Gasteiger partial charge in [-0.15, -0.1) is 70.0 Å². The second-order valence-corrected chi connectivity index (χ2v) is 16.7. The van der Waals surface area contributed by atoms with Gasteiger partial charge in [-0.25, -0.2) is 0 Å². The summed E-state index contributed by atoms with van der Waals surface area (Å²) in [6.07, 6.45) is 6.79. The van der Waals surface area contributed by atoms with Crippen LogP contribution in [0.4, 0.5) is 0 Å². The average molecular weight is 851 g/mol. The first-order valence-corrected chi connectivity index (χ1v) is 19.4. The molecule has 1 aliphatic carbocycles. The molecular weight excluding hydrogens is 817 g/mol. The maximum atomic E-state index is 5.50. The summed E-state index contributed by atoms with van der Waals surface area (Å²) in [5, 5.41) is 11.0. The summed E-state index contributed by atoms with van der Waals surface area (Å²) in [4.78, 5) is 4.73. The van der Waals surface area contributed by atoms with E-state index >= 15 is 0 Å². The molecule has 5 heteroatoms. The fraction of sp³-hybridized carbons (Fsp3) is 0.0870. The second kappa shape index (κ2) is 14.2. The van der Waals surface area contributed by atoms with Crippen LogP contribution in [0.3, 0.4) is 0 Å². The summed E-state index contributed by atoms with van der Waals surface area (Å²) in [7, 11) is -2.52. The van der Waals surface area contributed by atoms with Crippen LogP contribution in [-0.2, 0) is 32.9 Å². The minimum atomic E-state index is -2.52. The van der Waals surface area contributed by atoms with E-state index in [4.69, 9.17) is 9.51 Å². The Bertz CT molecular complexity index is 2390. The van der Waals surface area contributed by atoms with Gasteiger partial charge in [-0.2, -0.15) is 0 Å². The standard InChI is InChI=1S/C29H20NSi.C17H14NO.Ir/c1-3-12-22(13-4-1)31(23-14-5-2-6-15-23)28-20-8-7-16-24(28)25-17-11-18-26(29(25)31)27-19-9-10-21-30-27;1-2-6-12(7-3-1)17-15-10-13-8-4-5-9-14(13)11-16(15)19-18-17;/h1-17,19-21H;1-3,6,10-11H,4-5,8-9H2;/q2*-1;. The summed E-state index contributed by atoms with van der Waals surface area (Å²) in [5.41, 5.74) is 10.4. The van der Waals surface area contributed by atoms with Crippen LogP contribution >= 0.6 is 0 Å². The van der Waals surface area contributed by atoms with Crippen molar-refractivity contribution in [3.8, 4) is 33.6 Å². The van der Waals surface area contributed by atoms with E-state index in [0.717, 1.165) is 33.5 Å². The average Bonchev–Trinajstić information content (AvgIpc) is 3.76. The van der Waals surface area contributed by atoms with Gasteiger partial charge in [-0.1, -0.05) is 119 Å². The molecule has 0 amide bonds. The first kappa shape index (κ1) is 33.0. The molecule has 0 saturated heterocycles. The van der Waals surface area contributed by atoms with E-state index in [1.165, 1.54) is 68.7 Å². The number of nitrogens with zero attached hydrogens (tertiary/aromatic N) is 2. The third-order valence-corrected chi connectivity index (χ3v) is 15.1. The van der Waals surface area contributed by atoms with Crippen LogP contribution < -0.4 is 20.7 Å². The first-order chi connectivity index (χ1) is 24.8. The van der Waals surface area contributed by atoms with Gasteiger partial charge in [0, 0.05) is 37.4 Å². The molecule has 2 aliphatic rings. The van der Waals surface area contributed by atoms with E-state index in [1.807, 2.05) is 36.5 Å². The topological polar surface area (TPSA) is 38.9 Å². The van der Waals surface area contributed by atoms with E-state index in [-0.39, 0.29) is 20.1 Å². The molecule has 0 atom stereocenters. The molecule has 51 heavy (non-hydrogen) atoms. The van der Waals surface area contributed by atoms with Gasteiger partial charge in [0.1, 0.15) is 8.07 Å². The summed E-state index contributed by atoms with van der Waals surface area (Å²) in [6, 6.07) is 60.6. The number of aromatic nitrogens is 2. The minimum absolute atomic E-state index is 0. The Kier molecular flexibility index (Phi) is 9.18. The molecule has 1 radical (unpaired) electrons. The molecule has 249 valence electrons. The Morgan fingerprint density at radius 2 is 1.29 bits per heavy atom. The van der Waals surface area contributed by atoms with Gasteiger partial charge >= 0.3 is 0 Å². The predicted octanol–water partition coefficient (Wildman–Crippen LogP) is 8.08. The van der Waals surface area contributed by atoms with E-state index < -0.39 is 8.07 Å². The van der Waals surface area contributed by atoms with Gasteiger partial charge in [-0.05, 0) is 65.4 Å². The molecule has 0 bridgehead atoms. The number of hydrogen-bond donors (Lipinski definition) is 0. The molecule has 3 heterocycles. The molecule has 3 nitrogen and oxygen atoms in total. The summed E-state index contributed by atoms with van der Waals surface area (Å²) < 4.78 is 5.50. The van der Waals surface area contributed by atoms with Gasteiger partial charge < -0.3 is 9.51 Å². The molecule has 6 aromatic carbocycles. The molecule has 0 N–H and O–H groups in total. The van der Waals surface area contributed by atoms with Crippen molar-refractivity contribution in [1.29, 1.82) is 0 Å². The molecule has 0 spiro atoms. The maximum Gasteiger partial charge on any atom is 0.157 e. The largest absolute Gasteiger partial charge is 0.366 e. The molecule has 1 aliphatic heterocycles. The summed E-state index contributed by atoms with van der Waals surface area (Å²) in [6.45, 7) is 0. The van der Waals surface area contributed by atoms with E-state index in [0.29, 0.717) is 0 Å². The van der Waals surface area contributed by atoms with E-state index in [2.05, 4.69) is 139 Å². The van der Waals surface area contributed by atoms with Crippen molar-refractivity contribution in [2.24, 2.45) is 0 Å². The molecule has 10 rings (SSSR count). The monoisotopic (exact) mass is 851 g/mol. The zero-order chi connectivity index (χ0) is 33.3. The summed E-state index contributed by atoms with van der Waals surface area (Å²) >= 11 is 0. The Morgan fingerprint density at radius 1 is 0.608 bits per heavy atom. The fourth-order valence-electron chi connectivity index (χ4n) is 8.05. The Hall–Kier alpha value is -5.19. The van der Waals surface area contributed by atoms with Gasteiger partial charge in [0.15, 0.2) is 5.58 Å². The van der Waals surface area contributed by atoms with Gasteiger partial charge in [-0.3, -0.25) is 0 Å². The molecule has 0 unspecified atom stereocenters. The number of benzene rings is 6. The van der Waals surface area contributed by atoms with Crippen molar-refractivity contribution in [3.05, 3.63) is 181 Å². The van der Waals surface area contributed by atoms with Crippen LogP contribution in [0.25, 0.3) is 44.6 Å². The van der Waals surface area contributed by atoms with Crippen LogP contribution in [0, 0.1) is 12.1 Å². The third kappa shape index (κ3) is 5.72. The number of hydrogen-bond acceptors (Lipinski definition) is 3. The summed E-state index contributed by atoms with van der Waals surface area (Å²) in [5.74, 6) is 0. The molecular formula is C46H34IrN2OSi-2. The third-order valence-electron chi connectivity index (χ3n) is 10.2. The Labute approximate surface area is 313 Å². The maximum absolute atomic E-state index is 5.50. The molecule has 0 saturated carbocycles. The van der Waals surface area contributed by atoms with Crippen LogP contribution in [0.15, 0.2) is 162 Å². The van der Waals surface area contributed by atoms with Crippen LogP contribution in [0.2, 0.25) is 0 Å². The number of pyridine rings is 1. The van der Waals surface area contributed by atoms with E-state index in [9.17, 15) is 0 Å². The number of fused-ring (bicyclic) bond motifs is 5. The van der Waals surface area contributed by atoms with Crippen molar-refractivity contribution < 1.29 is 24.6 Å². The van der Waals surface area contributed by atoms with Crippen molar-refractivity contribution in [2.45, 2.75) is 25.7 Å². The molecule has 0 fully saturated rings. The van der Waals surface area contributed by atoms with Crippen molar-refractivity contribution in [1.82, 2.24) is 10.1 Å². The van der Waals surface area contributed by atoms with E-state index in [1.54, 1.807) is 0 Å². The Balaban J connectivity index is 0.000000160. The number of aryl methyl sites for hydroxylation is 2.